The third-order valence-corrected chi connectivity index (χ3v) is 5.35. The number of benzene rings is 2. The zero-order valence-electron chi connectivity index (χ0n) is 16.2. The Morgan fingerprint density at radius 2 is 1.86 bits per heavy atom. The van der Waals surface area contributed by atoms with Crippen LogP contribution in [-0.4, -0.2) is 37.9 Å². The van der Waals surface area contributed by atoms with Crippen molar-refractivity contribution in [2.75, 3.05) is 38.2 Å². The molecule has 146 valence electrons. The number of halogens is 1. The van der Waals surface area contributed by atoms with Gasteiger partial charge in [-0.1, -0.05) is 12.1 Å². The van der Waals surface area contributed by atoms with Crippen LogP contribution < -0.4 is 20.4 Å². The Bertz CT molecular complexity index is 1050. The number of methoxy groups -OCH3 is 1. The number of aromatic nitrogens is 1. The summed E-state index contributed by atoms with van der Waals surface area (Å²) < 4.78 is 22.1. The predicted molar refractivity (Wildman–Crippen MR) is 111 cm³/mol. The Kier molecular flexibility index (Phi) is 5.05. The average molecular weight is 381 g/mol. The number of ether oxygens (including phenoxy) is 1. The van der Waals surface area contributed by atoms with Gasteiger partial charge in [-0.3, -0.25) is 4.79 Å². The number of aryl methyl sites for hydroxylation is 1. The van der Waals surface area contributed by atoms with Crippen LogP contribution in [0.5, 0.6) is 5.75 Å². The Morgan fingerprint density at radius 1 is 1.14 bits per heavy atom. The molecule has 0 amide bonds. The molecule has 2 heterocycles. The third-order valence-electron chi connectivity index (χ3n) is 5.35. The van der Waals surface area contributed by atoms with Gasteiger partial charge in [-0.15, -0.1) is 0 Å². The minimum absolute atomic E-state index is 0.157. The van der Waals surface area contributed by atoms with Gasteiger partial charge in [0.15, 0.2) is 5.43 Å². The second-order valence-electron chi connectivity index (χ2n) is 6.94. The topological polar surface area (TPSA) is 46.5 Å². The third kappa shape index (κ3) is 3.24. The van der Waals surface area contributed by atoms with Crippen molar-refractivity contribution in [2.24, 2.45) is 0 Å². The molecule has 5 nitrogen and oxygen atoms in total. The number of rotatable bonds is 4. The normalized spacial score (nSPS) is 14.5. The number of fused-ring (bicyclic) bond motifs is 1. The molecule has 6 heteroatoms. The van der Waals surface area contributed by atoms with E-state index in [-0.39, 0.29) is 11.2 Å². The fourth-order valence-corrected chi connectivity index (χ4v) is 3.79. The fourth-order valence-electron chi connectivity index (χ4n) is 3.79. The van der Waals surface area contributed by atoms with Crippen molar-refractivity contribution in [2.45, 2.75) is 13.5 Å². The van der Waals surface area contributed by atoms with Crippen molar-refractivity contribution >= 4 is 16.6 Å². The lowest BCUT2D eigenvalue weighted by molar-refractivity contribution is 0.415. The van der Waals surface area contributed by atoms with E-state index in [0.717, 1.165) is 43.0 Å². The molecule has 0 unspecified atom stereocenters. The van der Waals surface area contributed by atoms with Crippen LogP contribution in [0.2, 0.25) is 0 Å². The highest BCUT2D eigenvalue weighted by molar-refractivity contribution is 5.87. The van der Waals surface area contributed by atoms with Gasteiger partial charge < -0.3 is 19.5 Å². The maximum Gasteiger partial charge on any atom is 0.197 e. The van der Waals surface area contributed by atoms with Gasteiger partial charge in [-0.25, -0.2) is 4.39 Å². The van der Waals surface area contributed by atoms with E-state index < -0.39 is 0 Å². The zero-order chi connectivity index (χ0) is 19.7. The smallest absolute Gasteiger partial charge is 0.197 e. The lowest BCUT2D eigenvalue weighted by Crippen LogP contribution is -2.43. The first-order valence-electron chi connectivity index (χ1n) is 9.59. The summed E-state index contributed by atoms with van der Waals surface area (Å²) in [6.45, 7) is 5.87. The van der Waals surface area contributed by atoms with Gasteiger partial charge >= 0.3 is 0 Å². The first-order chi connectivity index (χ1) is 13.6. The van der Waals surface area contributed by atoms with Gasteiger partial charge in [-0.2, -0.15) is 0 Å². The molecule has 1 fully saturated rings. The SMILES string of the molecule is CCn1cc(-c2ccc(OC)cc2)c(=O)c2cc(F)c(N3CCNCC3)cc21. The Balaban J connectivity index is 1.88. The molecule has 1 aliphatic rings. The molecule has 0 spiro atoms. The standard InChI is InChI=1S/C22H24FN3O2/c1-3-25-14-18(15-4-6-16(28-2)7-5-15)22(27)17-12-19(23)21(13-20(17)25)26-10-8-24-9-11-26/h4-7,12-14,24H,3,8-11H2,1-2H3. The maximum atomic E-state index is 14.9. The van der Waals surface area contributed by atoms with Gasteiger partial charge in [0.25, 0.3) is 0 Å². The summed E-state index contributed by atoms with van der Waals surface area (Å²) in [7, 11) is 1.61. The second kappa shape index (κ2) is 7.64. The number of nitrogens with zero attached hydrogens (tertiary/aromatic N) is 2. The van der Waals surface area contributed by atoms with Crippen molar-refractivity contribution in [3.05, 3.63) is 58.6 Å². The van der Waals surface area contributed by atoms with E-state index in [1.54, 1.807) is 7.11 Å². The van der Waals surface area contributed by atoms with E-state index in [0.29, 0.717) is 23.2 Å². The molecule has 0 saturated carbocycles. The minimum atomic E-state index is -0.346. The molecule has 2 aromatic carbocycles. The summed E-state index contributed by atoms with van der Waals surface area (Å²) in [4.78, 5) is 15.2. The van der Waals surface area contributed by atoms with Crippen LogP contribution in [0.3, 0.4) is 0 Å². The molecule has 1 aromatic heterocycles. The number of hydrogen-bond donors (Lipinski definition) is 1. The van der Waals surface area contributed by atoms with Crippen LogP contribution in [0.25, 0.3) is 22.0 Å². The van der Waals surface area contributed by atoms with E-state index in [1.807, 2.05) is 52.9 Å². The van der Waals surface area contributed by atoms with Crippen molar-refractivity contribution < 1.29 is 9.13 Å². The molecule has 3 aromatic rings. The van der Waals surface area contributed by atoms with Crippen LogP contribution >= 0.6 is 0 Å². The van der Waals surface area contributed by atoms with Crippen LogP contribution in [0, 0.1) is 5.82 Å². The van der Waals surface area contributed by atoms with Crippen LogP contribution in [0.1, 0.15) is 6.92 Å². The lowest BCUT2D eigenvalue weighted by atomic mass is 10.0. The lowest BCUT2D eigenvalue weighted by Gasteiger charge is -2.30. The van der Waals surface area contributed by atoms with Crippen molar-refractivity contribution in [3.8, 4) is 16.9 Å². The minimum Gasteiger partial charge on any atom is -0.497 e. The summed E-state index contributed by atoms with van der Waals surface area (Å²) >= 11 is 0. The molecular weight excluding hydrogens is 357 g/mol. The molecule has 1 N–H and O–H groups in total. The first kappa shape index (κ1) is 18.5. The van der Waals surface area contributed by atoms with Gasteiger partial charge in [-0.05, 0) is 36.8 Å². The van der Waals surface area contributed by atoms with Crippen molar-refractivity contribution in [1.29, 1.82) is 0 Å². The monoisotopic (exact) mass is 381 g/mol. The van der Waals surface area contributed by atoms with Crippen LogP contribution in [0.4, 0.5) is 10.1 Å². The largest absolute Gasteiger partial charge is 0.497 e. The summed E-state index contributed by atoms with van der Waals surface area (Å²) in [5.74, 6) is 0.382. The Hall–Kier alpha value is -2.86. The van der Waals surface area contributed by atoms with Gasteiger partial charge in [0.05, 0.1) is 18.3 Å². The van der Waals surface area contributed by atoms with Crippen LogP contribution in [-0.2, 0) is 6.54 Å². The summed E-state index contributed by atoms with van der Waals surface area (Å²) in [6, 6.07) is 10.6. The van der Waals surface area contributed by atoms with E-state index in [1.165, 1.54) is 6.07 Å². The molecule has 28 heavy (non-hydrogen) atoms. The van der Waals surface area contributed by atoms with Crippen molar-refractivity contribution in [3.63, 3.8) is 0 Å². The zero-order valence-corrected chi connectivity index (χ0v) is 16.2. The van der Waals surface area contributed by atoms with E-state index >= 15 is 0 Å². The van der Waals surface area contributed by atoms with Gasteiger partial charge in [0.1, 0.15) is 11.6 Å². The Morgan fingerprint density at radius 3 is 2.50 bits per heavy atom. The molecule has 0 aliphatic carbocycles. The predicted octanol–water partition coefficient (Wildman–Crippen LogP) is 3.25. The van der Waals surface area contributed by atoms with E-state index in [4.69, 9.17) is 4.74 Å². The van der Waals surface area contributed by atoms with E-state index in [9.17, 15) is 9.18 Å². The summed E-state index contributed by atoms with van der Waals surface area (Å²) in [5, 5.41) is 3.69. The number of pyridine rings is 1. The van der Waals surface area contributed by atoms with E-state index in [2.05, 4.69) is 5.32 Å². The molecule has 4 rings (SSSR count). The van der Waals surface area contributed by atoms with Crippen molar-refractivity contribution in [1.82, 2.24) is 9.88 Å². The number of piperazine rings is 1. The van der Waals surface area contributed by atoms with Crippen LogP contribution in [0.15, 0.2) is 47.4 Å². The highest BCUT2D eigenvalue weighted by Gasteiger charge is 2.18. The second-order valence-corrected chi connectivity index (χ2v) is 6.94. The molecule has 0 atom stereocenters. The fraction of sp³-hybridized carbons (Fsp3) is 0.318. The molecular formula is C22H24FN3O2. The summed E-state index contributed by atoms with van der Waals surface area (Å²) in [6.07, 6.45) is 1.87. The average Bonchev–Trinajstić information content (AvgIpc) is 2.75. The Labute approximate surface area is 163 Å². The molecule has 0 bridgehead atoms. The van der Waals surface area contributed by atoms with Gasteiger partial charge in [0, 0.05) is 49.9 Å². The number of hydrogen-bond acceptors (Lipinski definition) is 4. The molecule has 1 aliphatic heterocycles. The molecule has 0 radical (unpaired) electrons. The molecule has 1 saturated heterocycles. The van der Waals surface area contributed by atoms with Gasteiger partial charge in [0.2, 0.25) is 0 Å². The number of anilines is 1. The maximum absolute atomic E-state index is 14.9. The first-order valence-corrected chi connectivity index (χ1v) is 9.59. The number of nitrogens with one attached hydrogen (secondary N) is 1. The highest BCUT2D eigenvalue weighted by Crippen LogP contribution is 2.28. The highest BCUT2D eigenvalue weighted by atomic mass is 19.1. The summed E-state index contributed by atoms with van der Waals surface area (Å²) in [5.41, 5.74) is 2.52. The quantitative estimate of drug-likeness (QED) is 0.754.